The Hall–Kier alpha value is -3.24. The van der Waals surface area contributed by atoms with Crippen molar-refractivity contribution in [3.63, 3.8) is 0 Å². The van der Waals surface area contributed by atoms with Gasteiger partial charge < -0.3 is 15.0 Å². The van der Waals surface area contributed by atoms with Gasteiger partial charge in [-0.3, -0.25) is 14.6 Å². The van der Waals surface area contributed by atoms with Gasteiger partial charge in [0.25, 0.3) is 5.91 Å². The summed E-state index contributed by atoms with van der Waals surface area (Å²) < 4.78 is 31.7. The van der Waals surface area contributed by atoms with Crippen molar-refractivity contribution in [3.8, 4) is 5.75 Å². The highest BCUT2D eigenvalue weighted by Crippen LogP contribution is 2.25. The van der Waals surface area contributed by atoms with Crippen LogP contribution in [0, 0.1) is 0 Å². The zero-order chi connectivity index (χ0) is 22.4. The van der Waals surface area contributed by atoms with Gasteiger partial charge in [0.05, 0.1) is 7.11 Å². The molecule has 0 spiro atoms. The Morgan fingerprint density at radius 2 is 2.06 bits per heavy atom. The number of ether oxygens (including phenoxy) is 1. The lowest BCUT2D eigenvalue weighted by atomic mass is 10.2. The molecule has 3 rings (SSSR count). The first-order valence-corrected chi connectivity index (χ1v) is 11.1. The van der Waals surface area contributed by atoms with Gasteiger partial charge in [0.2, 0.25) is 15.9 Å². The molecular formula is C21H24N4O5S. The predicted octanol–water partition coefficient (Wildman–Crippen LogP) is 1.04. The minimum Gasteiger partial charge on any atom is -0.495 e. The monoisotopic (exact) mass is 444 g/mol. The molecule has 0 saturated carbocycles. The van der Waals surface area contributed by atoms with Gasteiger partial charge in [0.15, 0.2) is 0 Å². The molecule has 0 bridgehead atoms. The molecule has 2 N–H and O–H groups in total. The summed E-state index contributed by atoms with van der Waals surface area (Å²) >= 11 is 0. The van der Waals surface area contributed by atoms with E-state index >= 15 is 0 Å². The third-order valence-electron chi connectivity index (χ3n) is 4.88. The summed E-state index contributed by atoms with van der Waals surface area (Å²) in [5, 5.41) is 2.87. The molecule has 31 heavy (non-hydrogen) atoms. The normalized spacial score (nSPS) is 16.5. The number of sulfonamides is 1. The number of hydrogen-bond acceptors (Lipinski definition) is 6. The van der Waals surface area contributed by atoms with Crippen LogP contribution in [-0.4, -0.2) is 63.4 Å². The Morgan fingerprint density at radius 3 is 2.74 bits per heavy atom. The van der Waals surface area contributed by atoms with E-state index in [-0.39, 0.29) is 28.5 Å². The molecule has 1 fully saturated rings. The second kappa shape index (κ2) is 9.71. The lowest BCUT2D eigenvalue weighted by molar-refractivity contribution is -0.117. The molecule has 10 heteroatoms. The number of rotatable bonds is 7. The lowest BCUT2D eigenvalue weighted by Gasteiger charge is -2.16. The van der Waals surface area contributed by atoms with Gasteiger partial charge in [-0.05, 0) is 49.4 Å². The maximum Gasteiger partial charge on any atom is 0.272 e. The third-order valence-corrected chi connectivity index (χ3v) is 6.31. The number of carbonyl (C=O) groups excluding carboxylic acids is 2. The van der Waals surface area contributed by atoms with Crippen LogP contribution in [-0.2, 0) is 14.8 Å². The van der Waals surface area contributed by atoms with E-state index in [9.17, 15) is 18.0 Å². The number of pyridine rings is 1. The number of methoxy groups -OCH3 is 1. The maximum atomic E-state index is 12.5. The molecule has 1 aliphatic rings. The first-order valence-electron chi connectivity index (χ1n) is 9.64. The molecule has 164 valence electrons. The van der Waals surface area contributed by atoms with E-state index in [1.54, 1.807) is 35.4 Å². The van der Waals surface area contributed by atoms with E-state index in [4.69, 9.17) is 4.74 Å². The molecule has 0 aliphatic carbocycles. The Balaban J connectivity index is 1.61. The van der Waals surface area contributed by atoms with Crippen LogP contribution in [0.3, 0.4) is 0 Å². The van der Waals surface area contributed by atoms with Crippen LogP contribution < -0.4 is 14.8 Å². The average Bonchev–Trinajstić information content (AvgIpc) is 3.25. The van der Waals surface area contributed by atoms with Crippen molar-refractivity contribution in [1.29, 1.82) is 0 Å². The minimum atomic E-state index is -3.71. The molecule has 1 unspecified atom stereocenters. The van der Waals surface area contributed by atoms with Crippen molar-refractivity contribution >= 4 is 27.9 Å². The first kappa shape index (κ1) is 22.4. The number of amides is 2. The number of benzene rings is 1. The van der Waals surface area contributed by atoms with E-state index in [2.05, 4.69) is 15.0 Å². The van der Waals surface area contributed by atoms with E-state index < -0.39 is 10.0 Å². The first-order chi connectivity index (χ1) is 14.8. The van der Waals surface area contributed by atoms with Crippen LogP contribution in [0.5, 0.6) is 5.75 Å². The highest BCUT2D eigenvalue weighted by molar-refractivity contribution is 7.89. The van der Waals surface area contributed by atoms with Crippen molar-refractivity contribution in [3.05, 3.63) is 59.9 Å². The summed E-state index contributed by atoms with van der Waals surface area (Å²) in [7, 11) is -1.01. The standard InChI is InChI=1S/C21H24N4O5S/c1-22-31(28,29)19-13-15(6-8-18(19)30-2)7-9-20(26)24-16-10-12-25(14-16)21(27)17-5-3-4-11-23-17/h3-9,11,13,16,22H,10,12,14H2,1-2H3,(H,24,26). The third kappa shape index (κ3) is 5.47. The van der Waals surface area contributed by atoms with Gasteiger partial charge in [0.1, 0.15) is 16.3 Å². The summed E-state index contributed by atoms with van der Waals surface area (Å²) in [6.07, 6.45) is 5.07. The lowest BCUT2D eigenvalue weighted by Crippen LogP contribution is -2.37. The number of nitrogens with zero attached hydrogens (tertiary/aromatic N) is 2. The highest BCUT2D eigenvalue weighted by Gasteiger charge is 2.28. The van der Waals surface area contributed by atoms with Crippen LogP contribution in [0.4, 0.5) is 0 Å². The maximum absolute atomic E-state index is 12.5. The molecule has 1 aliphatic heterocycles. The van der Waals surface area contributed by atoms with Crippen LogP contribution in [0.1, 0.15) is 22.5 Å². The molecule has 2 amide bonds. The highest BCUT2D eigenvalue weighted by atomic mass is 32.2. The van der Waals surface area contributed by atoms with Gasteiger partial charge in [-0.25, -0.2) is 13.1 Å². The average molecular weight is 445 g/mol. The summed E-state index contributed by atoms with van der Waals surface area (Å²) in [4.78, 5) is 30.5. The molecule has 2 aromatic rings. The molecule has 1 atom stereocenters. The van der Waals surface area contributed by atoms with Crippen molar-refractivity contribution in [1.82, 2.24) is 19.9 Å². The van der Waals surface area contributed by atoms with Gasteiger partial charge in [-0.1, -0.05) is 12.1 Å². The molecule has 1 aromatic heterocycles. The summed E-state index contributed by atoms with van der Waals surface area (Å²) in [5.74, 6) is -0.282. The minimum absolute atomic E-state index is 0.0143. The van der Waals surface area contributed by atoms with E-state index in [1.807, 2.05) is 0 Å². The Bertz CT molecular complexity index is 1090. The predicted molar refractivity (Wildman–Crippen MR) is 115 cm³/mol. The van der Waals surface area contributed by atoms with Crippen LogP contribution in [0.15, 0.2) is 53.6 Å². The summed E-state index contributed by atoms with van der Waals surface area (Å²) in [6, 6.07) is 9.61. The fourth-order valence-corrected chi connectivity index (χ4v) is 4.18. The zero-order valence-electron chi connectivity index (χ0n) is 17.2. The van der Waals surface area contributed by atoms with Crippen molar-refractivity contribution in [2.45, 2.75) is 17.4 Å². The Kier molecular flexibility index (Phi) is 7.03. The van der Waals surface area contributed by atoms with Gasteiger partial charge in [0, 0.05) is 31.4 Å². The number of carbonyl (C=O) groups is 2. The van der Waals surface area contributed by atoms with E-state index in [0.29, 0.717) is 30.8 Å². The SMILES string of the molecule is CNS(=O)(=O)c1cc(C=CC(=O)NC2CCN(C(=O)c3ccccn3)C2)ccc1OC. The molecular weight excluding hydrogens is 420 g/mol. The molecule has 2 heterocycles. The fourth-order valence-electron chi connectivity index (χ4n) is 3.25. The molecule has 1 aromatic carbocycles. The molecule has 0 radical (unpaired) electrons. The van der Waals surface area contributed by atoms with Crippen LogP contribution in [0.25, 0.3) is 6.08 Å². The topological polar surface area (TPSA) is 118 Å². The summed E-state index contributed by atoms with van der Waals surface area (Å²) in [6.45, 7) is 0.940. The number of hydrogen-bond donors (Lipinski definition) is 2. The van der Waals surface area contributed by atoms with Gasteiger partial charge in [-0.2, -0.15) is 0 Å². The van der Waals surface area contributed by atoms with Gasteiger partial charge >= 0.3 is 0 Å². The van der Waals surface area contributed by atoms with Gasteiger partial charge in [-0.15, -0.1) is 0 Å². The smallest absolute Gasteiger partial charge is 0.272 e. The second-order valence-electron chi connectivity index (χ2n) is 6.91. The van der Waals surface area contributed by atoms with E-state index in [1.165, 1.54) is 38.4 Å². The quantitative estimate of drug-likeness (QED) is 0.616. The van der Waals surface area contributed by atoms with Crippen LogP contribution >= 0.6 is 0 Å². The second-order valence-corrected chi connectivity index (χ2v) is 8.77. The Morgan fingerprint density at radius 1 is 1.26 bits per heavy atom. The summed E-state index contributed by atoms with van der Waals surface area (Å²) in [5.41, 5.74) is 0.907. The van der Waals surface area contributed by atoms with Crippen molar-refractivity contribution < 1.29 is 22.7 Å². The fraction of sp³-hybridized carbons (Fsp3) is 0.286. The largest absolute Gasteiger partial charge is 0.495 e. The van der Waals surface area contributed by atoms with Crippen molar-refractivity contribution in [2.24, 2.45) is 0 Å². The molecule has 9 nitrogen and oxygen atoms in total. The zero-order valence-corrected chi connectivity index (χ0v) is 18.1. The van der Waals surface area contributed by atoms with E-state index in [0.717, 1.165) is 0 Å². The van der Waals surface area contributed by atoms with Crippen LogP contribution in [0.2, 0.25) is 0 Å². The molecule has 1 saturated heterocycles. The Labute approximate surface area is 181 Å². The number of aromatic nitrogens is 1. The van der Waals surface area contributed by atoms with Crippen molar-refractivity contribution in [2.75, 3.05) is 27.2 Å². The number of likely N-dealkylation sites (tertiary alicyclic amines) is 1. The number of nitrogens with one attached hydrogen (secondary N) is 2.